The zero-order valence-electron chi connectivity index (χ0n) is 15.6. The second-order valence-electron chi connectivity index (χ2n) is 5.93. The van der Waals surface area contributed by atoms with Crippen LogP contribution in [0.25, 0.3) is 0 Å². The van der Waals surface area contributed by atoms with Crippen molar-refractivity contribution in [1.82, 2.24) is 0 Å². The number of carboxylic acids is 1. The summed E-state index contributed by atoms with van der Waals surface area (Å²) in [5.74, 6) is -1.70. The molecule has 0 aliphatic rings. The van der Waals surface area contributed by atoms with Gasteiger partial charge in [0.25, 0.3) is 0 Å². The van der Waals surface area contributed by atoms with Gasteiger partial charge in [-0.15, -0.1) is 0 Å². The van der Waals surface area contributed by atoms with Gasteiger partial charge in [0.1, 0.15) is 0 Å². The lowest BCUT2D eigenvalue weighted by atomic mass is 10.1. The first-order valence-corrected chi connectivity index (χ1v) is 8.90. The van der Waals surface area contributed by atoms with Crippen LogP contribution < -0.4 is 0 Å². The SMILES string of the molecule is COC(=O)Cc1ccc(C(F)(F)F)cc1Cl.O=C(O)Cc1ccc(C(F)(F)F)cc1Cl. The Labute approximate surface area is 182 Å². The lowest BCUT2D eigenvalue weighted by molar-refractivity contribution is -0.140. The predicted octanol–water partition coefficient (Wildman–Crippen LogP) is 6.06. The number of carbonyl (C=O) groups excluding carboxylic acids is 1. The van der Waals surface area contributed by atoms with Crippen LogP contribution in [0.2, 0.25) is 10.0 Å². The maximum absolute atomic E-state index is 12.3. The first-order valence-electron chi connectivity index (χ1n) is 8.15. The molecule has 0 fully saturated rings. The summed E-state index contributed by atoms with van der Waals surface area (Å²) in [6, 6.07) is 5.44. The number of methoxy groups -OCH3 is 1. The minimum Gasteiger partial charge on any atom is -0.481 e. The molecular weight excluding hydrogens is 477 g/mol. The highest BCUT2D eigenvalue weighted by atomic mass is 35.5. The number of hydrogen-bond donors (Lipinski definition) is 1. The van der Waals surface area contributed by atoms with Crippen molar-refractivity contribution >= 4 is 35.1 Å². The molecule has 2 aromatic carbocycles. The van der Waals surface area contributed by atoms with Crippen LogP contribution in [0.5, 0.6) is 0 Å². The number of carbonyl (C=O) groups is 2. The van der Waals surface area contributed by atoms with E-state index in [-0.39, 0.29) is 22.0 Å². The van der Waals surface area contributed by atoms with Crippen LogP contribution in [0.3, 0.4) is 0 Å². The van der Waals surface area contributed by atoms with Crippen molar-refractivity contribution in [2.24, 2.45) is 0 Å². The molecule has 4 nitrogen and oxygen atoms in total. The van der Waals surface area contributed by atoms with E-state index in [1.54, 1.807) is 0 Å². The van der Waals surface area contributed by atoms with E-state index in [9.17, 15) is 35.9 Å². The number of ether oxygens (including phenoxy) is 1. The third-order valence-electron chi connectivity index (χ3n) is 3.66. The van der Waals surface area contributed by atoms with Gasteiger partial charge in [-0.25, -0.2) is 0 Å². The third kappa shape index (κ3) is 8.66. The summed E-state index contributed by atoms with van der Waals surface area (Å²) in [7, 11) is 1.19. The van der Waals surface area contributed by atoms with Gasteiger partial charge in [0, 0.05) is 10.0 Å². The van der Waals surface area contributed by atoms with E-state index in [1.165, 1.54) is 13.2 Å². The number of halogens is 8. The van der Waals surface area contributed by atoms with Gasteiger partial charge in [0.05, 0.1) is 31.1 Å². The highest BCUT2D eigenvalue weighted by molar-refractivity contribution is 6.32. The highest BCUT2D eigenvalue weighted by Crippen LogP contribution is 2.33. The monoisotopic (exact) mass is 490 g/mol. The fourth-order valence-electron chi connectivity index (χ4n) is 2.12. The average Bonchev–Trinajstić information content (AvgIpc) is 2.63. The van der Waals surface area contributed by atoms with E-state index < -0.39 is 41.8 Å². The Kier molecular flexibility index (Phi) is 9.19. The van der Waals surface area contributed by atoms with Gasteiger partial charge >= 0.3 is 24.3 Å². The molecule has 0 aliphatic heterocycles. The van der Waals surface area contributed by atoms with Crippen molar-refractivity contribution in [3.63, 3.8) is 0 Å². The first kappa shape index (κ1) is 26.6. The molecule has 0 radical (unpaired) electrons. The lowest BCUT2D eigenvalue weighted by Gasteiger charge is -2.09. The molecule has 0 amide bonds. The average molecular weight is 491 g/mol. The van der Waals surface area contributed by atoms with Crippen molar-refractivity contribution in [2.75, 3.05) is 7.11 Å². The Bertz CT molecular complexity index is 942. The largest absolute Gasteiger partial charge is 0.481 e. The van der Waals surface area contributed by atoms with Gasteiger partial charge in [0.2, 0.25) is 0 Å². The number of aliphatic carboxylic acids is 1. The Balaban J connectivity index is 0.000000311. The van der Waals surface area contributed by atoms with Crippen LogP contribution in [-0.4, -0.2) is 24.2 Å². The number of hydrogen-bond acceptors (Lipinski definition) is 3. The van der Waals surface area contributed by atoms with Crippen LogP contribution in [0, 0.1) is 0 Å². The van der Waals surface area contributed by atoms with E-state index in [4.69, 9.17) is 28.3 Å². The van der Waals surface area contributed by atoms with Gasteiger partial charge in [-0.05, 0) is 35.4 Å². The molecule has 2 rings (SSSR count). The van der Waals surface area contributed by atoms with Crippen LogP contribution in [-0.2, 0) is 39.5 Å². The Morgan fingerprint density at radius 3 is 1.52 bits per heavy atom. The molecule has 1 N–H and O–H groups in total. The molecule has 0 unspecified atom stereocenters. The smallest absolute Gasteiger partial charge is 0.416 e. The molecule has 0 bridgehead atoms. The molecule has 0 aromatic heterocycles. The molecule has 0 atom stereocenters. The minimum atomic E-state index is -4.47. The van der Waals surface area contributed by atoms with E-state index >= 15 is 0 Å². The maximum atomic E-state index is 12.3. The number of esters is 1. The Morgan fingerprint density at radius 2 is 1.23 bits per heavy atom. The molecule has 12 heteroatoms. The minimum absolute atomic E-state index is 0.0970. The van der Waals surface area contributed by atoms with Gasteiger partial charge in [-0.3, -0.25) is 9.59 Å². The second kappa shape index (κ2) is 10.7. The van der Waals surface area contributed by atoms with Crippen LogP contribution >= 0.6 is 23.2 Å². The van der Waals surface area contributed by atoms with E-state index in [0.717, 1.165) is 30.3 Å². The first-order chi connectivity index (χ1) is 14.1. The summed E-state index contributed by atoms with van der Waals surface area (Å²) in [5, 5.41) is 8.15. The molecule has 0 aliphatic carbocycles. The number of alkyl halides is 6. The molecule has 0 saturated heterocycles. The molecule has 0 heterocycles. The van der Waals surface area contributed by atoms with E-state index in [2.05, 4.69) is 4.74 Å². The van der Waals surface area contributed by atoms with Gasteiger partial charge in [-0.1, -0.05) is 35.3 Å². The highest BCUT2D eigenvalue weighted by Gasteiger charge is 2.31. The van der Waals surface area contributed by atoms with Crippen LogP contribution in [0.1, 0.15) is 22.3 Å². The van der Waals surface area contributed by atoms with Crippen molar-refractivity contribution in [2.45, 2.75) is 25.2 Å². The summed E-state index contributed by atoms with van der Waals surface area (Å²) < 4.78 is 77.8. The Hall–Kier alpha value is -2.46. The van der Waals surface area contributed by atoms with E-state index in [0.29, 0.717) is 5.56 Å². The summed E-state index contributed by atoms with van der Waals surface area (Å²) >= 11 is 11.1. The third-order valence-corrected chi connectivity index (χ3v) is 4.37. The topological polar surface area (TPSA) is 63.6 Å². The second-order valence-corrected chi connectivity index (χ2v) is 6.75. The fourth-order valence-corrected chi connectivity index (χ4v) is 2.62. The quantitative estimate of drug-likeness (QED) is 0.417. The van der Waals surface area contributed by atoms with Crippen molar-refractivity contribution in [1.29, 1.82) is 0 Å². The molecule has 31 heavy (non-hydrogen) atoms. The van der Waals surface area contributed by atoms with E-state index in [1.807, 2.05) is 0 Å². The summed E-state index contributed by atoms with van der Waals surface area (Å²) in [6.45, 7) is 0. The molecule has 2 aromatic rings. The standard InChI is InChI=1S/C10H8ClF3O2.C9H6ClF3O2/c1-16-9(15)4-6-2-3-7(5-8(6)11)10(12,13)14;10-7-4-6(9(11,12)13)2-1-5(7)3-8(14)15/h2-3,5H,4H2,1H3;1-2,4H,3H2,(H,14,15). The summed E-state index contributed by atoms with van der Waals surface area (Å²) in [6.07, 6.45) is -9.44. The maximum Gasteiger partial charge on any atom is 0.416 e. The summed E-state index contributed by atoms with van der Waals surface area (Å²) in [4.78, 5) is 21.2. The van der Waals surface area contributed by atoms with Gasteiger partial charge in [-0.2, -0.15) is 26.3 Å². The molecule has 0 saturated carbocycles. The van der Waals surface area contributed by atoms with Crippen molar-refractivity contribution < 1.29 is 45.8 Å². The number of carboxylic acid groups (broad SMARTS) is 1. The number of benzene rings is 2. The summed E-state index contributed by atoms with van der Waals surface area (Å²) in [5.41, 5.74) is -1.26. The normalized spacial score (nSPS) is 11.4. The Morgan fingerprint density at radius 1 is 0.839 bits per heavy atom. The van der Waals surface area contributed by atoms with Gasteiger partial charge < -0.3 is 9.84 Å². The van der Waals surface area contributed by atoms with Crippen molar-refractivity contribution in [3.8, 4) is 0 Å². The molecular formula is C19H14Cl2F6O4. The lowest BCUT2D eigenvalue weighted by Crippen LogP contribution is -2.08. The van der Waals surface area contributed by atoms with Crippen molar-refractivity contribution in [3.05, 3.63) is 68.7 Å². The van der Waals surface area contributed by atoms with Crippen LogP contribution in [0.15, 0.2) is 36.4 Å². The van der Waals surface area contributed by atoms with Gasteiger partial charge in [0.15, 0.2) is 0 Å². The zero-order chi connectivity index (χ0) is 24.0. The number of rotatable bonds is 4. The molecule has 170 valence electrons. The molecule has 0 spiro atoms. The fraction of sp³-hybridized carbons (Fsp3) is 0.263. The predicted molar refractivity (Wildman–Crippen MR) is 100.0 cm³/mol. The van der Waals surface area contributed by atoms with Crippen LogP contribution in [0.4, 0.5) is 26.3 Å². The zero-order valence-corrected chi connectivity index (χ0v) is 17.1.